The van der Waals surface area contributed by atoms with Crippen LogP contribution in [0.3, 0.4) is 0 Å². The molecule has 10 nitrogen and oxygen atoms in total. The summed E-state index contributed by atoms with van der Waals surface area (Å²) in [6, 6.07) is 11.3. The Labute approximate surface area is 196 Å². The number of hydrazone groups is 1. The van der Waals surface area contributed by atoms with Gasteiger partial charge in [-0.1, -0.05) is 44.2 Å². The van der Waals surface area contributed by atoms with Gasteiger partial charge in [0.1, 0.15) is 6.04 Å². The molecule has 0 bridgehead atoms. The third-order valence-corrected chi connectivity index (χ3v) is 5.07. The molecule has 1 aromatic heterocycles. The molecule has 0 aliphatic rings. The van der Waals surface area contributed by atoms with Gasteiger partial charge in [0.15, 0.2) is 0 Å². The number of fused-ring (bicyclic) bond motifs is 1. The van der Waals surface area contributed by atoms with Gasteiger partial charge in [-0.15, -0.1) is 0 Å². The topological polar surface area (TPSA) is 139 Å². The number of H-pyrrole nitrogens is 1. The van der Waals surface area contributed by atoms with Crippen molar-refractivity contribution in [3.63, 3.8) is 0 Å². The molecule has 0 saturated heterocycles. The van der Waals surface area contributed by atoms with Crippen molar-refractivity contribution in [1.29, 1.82) is 0 Å². The fourth-order valence-electron chi connectivity index (χ4n) is 3.31. The number of ether oxygens (including phenoxy) is 1. The second kappa shape index (κ2) is 11.1. The van der Waals surface area contributed by atoms with Crippen LogP contribution in [0.5, 0.6) is 0 Å². The van der Waals surface area contributed by atoms with E-state index in [0.29, 0.717) is 11.1 Å². The molecule has 1 atom stereocenters. The Bertz CT molecular complexity index is 1220. The predicted octanol–water partition coefficient (Wildman–Crippen LogP) is 3.83. The number of carbonyl (C=O) groups is 2. The molecular formula is C24H27N5O5. The van der Waals surface area contributed by atoms with Gasteiger partial charge in [0, 0.05) is 40.7 Å². The molecule has 34 heavy (non-hydrogen) atoms. The molecule has 3 rings (SSSR count). The lowest BCUT2D eigenvalue weighted by Crippen LogP contribution is -2.47. The van der Waals surface area contributed by atoms with Crippen molar-refractivity contribution in [1.82, 2.24) is 15.7 Å². The summed E-state index contributed by atoms with van der Waals surface area (Å²) in [7, 11) is 0. The first kappa shape index (κ1) is 24.4. The van der Waals surface area contributed by atoms with Crippen molar-refractivity contribution >= 4 is 34.8 Å². The number of benzene rings is 2. The van der Waals surface area contributed by atoms with Crippen LogP contribution in [-0.2, 0) is 16.0 Å². The van der Waals surface area contributed by atoms with E-state index in [1.807, 2.05) is 38.1 Å². The highest BCUT2D eigenvalue weighted by molar-refractivity contribution is 5.89. The van der Waals surface area contributed by atoms with Crippen molar-refractivity contribution in [3.8, 4) is 0 Å². The fraction of sp³-hybridized carbons (Fsp3) is 0.292. The van der Waals surface area contributed by atoms with Crippen LogP contribution in [-0.4, -0.2) is 40.8 Å². The summed E-state index contributed by atoms with van der Waals surface area (Å²) < 4.78 is 5.17. The molecule has 178 valence electrons. The predicted molar refractivity (Wildman–Crippen MR) is 129 cm³/mol. The Morgan fingerprint density at radius 2 is 2.00 bits per heavy atom. The molecule has 0 saturated carbocycles. The standard InChI is InChI=1S/C24H27N5O5/c1-15(2)14-34-24(31)27-21(11-18-13-25-20-7-5-4-6-19(18)20)23(30)28-26-12-17-9-8-16(3)22(10-17)29(32)33/h4-10,12-13,15,21,25H,11,14H2,1-3H3,(H,27,31)(H,28,30)/b26-12+. The summed E-state index contributed by atoms with van der Waals surface area (Å²) in [5.41, 5.74) is 5.10. The molecule has 0 aliphatic carbocycles. The van der Waals surface area contributed by atoms with Crippen LogP contribution in [0.25, 0.3) is 10.9 Å². The summed E-state index contributed by atoms with van der Waals surface area (Å²) in [6.07, 6.45) is 2.61. The SMILES string of the molecule is Cc1ccc(/C=N/NC(=O)C(Cc2c[nH]c3ccccc23)NC(=O)OCC(C)C)cc1[N+](=O)[O-]. The first-order valence-electron chi connectivity index (χ1n) is 10.8. The molecular weight excluding hydrogens is 438 g/mol. The zero-order valence-corrected chi connectivity index (χ0v) is 19.2. The molecule has 0 fully saturated rings. The molecule has 2 aromatic carbocycles. The van der Waals surface area contributed by atoms with Gasteiger partial charge in [-0.25, -0.2) is 10.2 Å². The van der Waals surface area contributed by atoms with Crippen LogP contribution >= 0.6 is 0 Å². The lowest BCUT2D eigenvalue weighted by molar-refractivity contribution is -0.385. The number of amides is 2. The third kappa shape index (κ3) is 6.41. The molecule has 1 heterocycles. The first-order chi connectivity index (χ1) is 16.2. The van der Waals surface area contributed by atoms with Gasteiger partial charge in [-0.3, -0.25) is 14.9 Å². The number of para-hydroxylation sites is 1. The van der Waals surface area contributed by atoms with Crippen LogP contribution in [0.15, 0.2) is 53.8 Å². The van der Waals surface area contributed by atoms with E-state index in [-0.39, 0.29) is 24.6 Å². The molecule has 0 aliphatic heterocycles. The maximum absolute atomic E-state index is 12.9. The Hall–Kier alpha value is -4.21. The highest BCUT2D eigenvalue weighted by atomic mass is 16.6. The summed E-state index contributed by atoms with van der Waals surface area (Å²) >= 11 is 0. The van der Waals surface area contributed by atoms with Crippen molar-refractivity contribution < 1.29 is 19.2 Å². The van der Waals surface area contributed by atoms with E-state index in [9.17, 15) is 19.7 Å². The quantitative estimate of drug-likeness (QED) is 0.250. The van der Waals surface area contributed by atoms with Crippen molar-refractivity contribution in [2.75, 3.05) is 6.61 Å². The Balaban J connectivity index is 1.74. The summed E-state index contributed by atoms with van der Waals surface area (Å²) in [6.45, 7) is 5.68. The lowest BCUT2D eigenvalue weighted by atomic mass is 10.0. The van der Waals surface area contributed by atoms with Gasteiger partial charge in [0.25, 0.3) is 11.6 Å². The van der Waals surface area contributed by atoms with E-state index in [0.717, 1.165) is 16.5 Å². The number of nitro benzene ring substituents is 1. The maximum Gasteiger partial charge on any atom is 0.407 e. The number of aromatic nitrogens is 1. The summed E-state index contributed by atoms with van der Waals surface area (Å²) in [4.78, 5) is 38.9. The molecule has 0 radical (unpaired) electrons. The molecule has 10 heteroatoms. The molecule has 3 aromatic rings. The smallest absolute Gasteiger partial charge is 0.407 e. The van der Waals surface area contributed by atoms with Gasteiger partial charge >= 0.3 is 6.09 Å². The van der Waals surface area contributed by atoms with Gasteiger partial charge in [-0.2, -0.15) is 5.10 Å². The Morgan fingerprint density at radius 3 is 2.74 bits per heavy atom. The Kier molecular flexibility index (Phi) is 7.96. The minimum atomic E-state index is -0.955. The van der Waals surface area contributed by atoms with Crippen molar-refractivity contribution in [3.05, 3.63) is 75.5 Å². The van der Waals surface area contributed by atoms with E-state index in [1.54, 1.807) is 25.3 Å². The highest BCUT2D eigenvalue weighted by Crippen LogP contribution is 2.20. The molecule has 1 unspecified atom stereocenters. The minimum absolute atomic E-state index is 0.0398. The zero-order valence-electron chi connectivity index (χ0n) is 19.2. The van der Waals surface area contributed by atoms with Crippen molar-refractivity contribution in [2.24, 2.45) is 11.0 Å². The van der Waals surface area contributed by atoms with Gasteiger partial charge in [-0.05, 0) is 24.5 Å². The summed E-state index contributed by atoms with van der Waals surface area (Å²) in [5, 5.41) is 18.6. The van der Waals surface area contributed by atoms with E-state index < -0.39 is 23.0 Å². The molecule has 3 N–H and O–H groups in total. The number of rotatable bonds is 9. The summed E-state index contributed by atoms with van der Waals surface area (Å²) in [5.74, 6) is -0.403. The van der Waals surface area contributed by atoms with Gasteiger partial charge < -0.3 is 15.0 Å². The number of carbonyl (C=O) groups excluding carboxylic acids is 2. The minimum Gasteiger partial charge on any atom is -0.449 e. The molecule has 2 amide bonds. The van der Waals surface area contributed by atoms with E-state index in [2.05, 4.69) is 20.8 Å². The van der Waals surface area contributed by atoms with Crippen LogP contribution in [0.2, 0.25) is 0 Å². The molecule has 0 spiro atoms. The van der Waals surface area contributed by atoms with Gasteiger partial charge in [0.2, 0.25) is 0 Å². The average Bonchev–Trinajstić information content (AvgIpc) is 3.21. The second-order valence-electron chi connectivity index (χ2n) is 8.29. The van der Waals surface area contributed by atoms with Crippen LogP contribution in [0.1, 0.15) is 30.5 Å². The number of hydrogen-bond acceptors (Lipinski definition) is 6. The van der Waals surface area contributed by atoms with E-state index >= 15 is 0 Å². The number of aryl methyl sites for hydroxylation is 1. The number of alkyl carbamates (subject to hydrolysis) is 1. The third-order valence-electron chi connectivity index (χ3n) is 5.07. The first-order valence-corrected chi connectivity index (χ1v) is 10.8. The maximum atomic E-state index is 12.9. The number of aromatic amines is 1. The van der Waals surface area contributed by atoms with Crippen molar-refractivity contribution in [2.45, 2.75) is 33.2 Å². The highest BCUT2D eigenvalue weighted by Gasteiger charge is 2.23. The zero-order chi connectivity index (χ0) is 24.7. The van der Waals surface area contributed by atoms with Gasteiger partial charge in [0.05, 0.1) is 17.7 Å². The number of nitro groups is 1. The van der Waals surface area contributed by atoms with Crippen LogP contribution in [0.4, 0.5) is 10.5 Å². The van der Waals surface area contributed by atoms with Crippen LogP contribution < -0.4 is 10.7 Å². The number of nitrogens with zero attached hydrogens (tertiary/aromatic N) is 2. The lowest BCUT2D eigenvalue weighted by Gasteiger charge is -2.17. The largest absolute Gasteiger partial charge is 0.449 e. The fourth-order valence-corrected chi connectivity index (χ4v) is 3.31. The number of hydrogen-bond donors (Lipinski definition) is 3. The Morgan fingerprint density at radius 1 is 1.24 bits per heavy atom. The van der Waals surface area contributed by atoms with E-state index in [1.165, 1.54) is 12.3 Å². The monoisotopic (exact) mass is 465 g/mol. The average molecular weight is 466 g/mol. The van der Waals surface area contributed by atoms with E-state index in [4.69, 9.17) is 4.74 Å². The second-order valence-corrected chi connectivity index (χ2v) is 8.29. The van der Waals surface area contributed by atoms with Crippen LogP contribution in [0, 0.1) is 23.0 Å². The number of nitrogens with one attached hydrogen (secondary N) is 3. The normalized spacial score (nSPS) is 12.1.